The van der Waals surface area contributed by atoms with E-state index < -0.39 is 0 Å². The summed E-state index contributed by atoms with van der Waals surface area (Å²) in [6.45, 7) is 2.28. The standard InChI is InChI=1S/C18H26BrClO/c1-3-4-5-13-6-8-14(9-7-13)18(20)16-12-15(19)10-11-17(16)21-2/h10-14,18H,3-9H2,1-2H3. The number of rotatable bonds is 6. The second-order valence-corrected chi connectivity index (χ2v) is 7.60. The Morgan fingerprint density at radius 2 is 2.00 bits per heavy atom. The van der Waals surface area contributed by atoms with Crippen molar-refractivity contribution in [2.45, 2.75) is 57.2 Å². The van der Waals surface area contributed by atoms with Crippen molar-refractivity contribution in [3.8, 4) is 5.75 Å². The average molecular weight is 374 g/mol. The maximum absolute atomic E-state index is 6.79. The molecule has 0 heterocycles. The fourth-order valence-electron chi connectivity index (χ4n) is 3.44. The fraction of sp³-hybridized carbons (Fsp3) is 0.667. The van der Waals surface area contributed by atoms with Gasteiger partial charge in [0.1, 0.15) is 5.75 Å². The highest BCUT2D eigenvalue weighted by Crippen LogP contribution is 2.44. The van der Waals surface area contributed by atoms with Crippen LogP contribution in [-0.4, -0.2) is 7.11 Å². The van der Waals surface area contributed by atoms with Gasteiger partial charge in [-0.15, -0.1) is 11.6 Å². The van der Waals surface area contributed by atoms with E-state index in [0.717, 1.165) is 21.7 Å². The minimum atomic E-state index is 0.0598. The van der Waals surface area contributed by atoms with E-state index in [9.17, 15) is 0 Å². The van der Waals surface area contributed by atoms with Crippen LogP contribution in [0.2, 0.25) is 0 Å². The molecule has 1 fully saturated rings. The number of unbranched alkanes of at least 4 members (excludes halogenated alkanes) is 1. The first-order valence-corrected chi connectivity index (χ1v) is 9.36. The van der Waals surface area contributed by atoms with E-state index in [0.29, 0.717) is 5.92 Å². The van der Waals surface area contributed by atoms with Gasteiger partial charge in [0.2, 0.25) is 0 Å². The summed E-state index contributed by atoms with van der Waals surface area (Å²) < 4.78 is 6.55. The summed E-state index contributed by atoms with van der Waals surface area (Å²) >= 11 is 10.3. The lowest BCUT2D eigenvalue weighted by Crippen LogP contribution is -2.18. The molecule has 0 aromatic heterocycles. The molecular formula is C18H26BrClO. The minimum absolute atomic E-state index is 0.0598. The quantitative estimate of drug-likeness (QED) is 0.502. The SMILES string of the molecule is CCCCC1CCC(C(Cl)c2cc(Br)ccc2OC)CC1. The van der Waals surface area contributed by atoms with E-state index in [2.05, 4.69) is 28.9 Å². The topological polar surface area (TPSA) is 9.23 Å². The summed E-state index contributed by atoms with van der Waals surface area (Å²) in [6, 6.07) is 6.12. The van der Waals surface area contributed by atoms with Crippen molar-refractivity contribution < 1.29 is 4.74 Å². The molecule has 0 radical (unpaired) electrons. The van der Waals surface area contributed by atoms with Crippen molar-refractivity contribution in [1.29, 1.82) is 0 Å². The van der Waals surface area contributed by atoms with Gasteiger partial charge in [0.05, 0.1) is 12.5 Å². The summed E-state index contributed by atoms with van der Waals surface area (Å²) in [7, 11) is 1.72. The highest BCUT2D eigenvalue weighted by atomic mass is 79.9. The van der Waals surface area contributed by atoms with E-state index >= 15 is 0 Å². The van der Waals surface area contributed by atoms with Crippen LogP contribution in [0.4, 0.5) is 0 Å². The van der Waals surface area contributed by atoms with Crippen molar-refractivity contribution in [1.82, 2.24) is 0 Å². The Morgan fingerprint density at radius 1 is 1.29 bits per heavy atom. The summed E-state index contributed by atoms with van der Waals surface area (Å²) in [5.74, 6) is 2.41. The van der Waals surface area contributed by atoms with Crippen molar-refractivity contribution in [2.24, 2.45) is 11.8 Å². The summed E-state index contributed by atoms with van der Waals surface area (Å²) in [6.07, 6.45) is 9.26. The van der Waals surface area contributed by atoms with Gasteiger partial charge in [0.15, 0.2) is 0 Å². The molecule has 1 nitrogen and oxygen atoms in total. The number of hydrogen-bond acceptors (Lipinski definition) is 1. The number of ether oxygens (including phenoxy) is 1. The highest BCUT2D eigenvalue weighted by molar-refractivity contribution is 9.10. The van der Waals surface area contributed by atoms with Gasteiger partial charge < -0.3 is 4.74 Å². The zero-order valence-electron chi connectivity index (χ0n) is 13.1. The van der Waals surface area contributed by atoms with Gasteiger partial charge >= 0.3 is 0 Å². The Kier molecular flexibility index (Phi) is 6.88. The van der Waals surface area contributed by atoms with Gasteiger partial charge in [0, 0.05) is 10.0 Å². The lowest BCUT2D eigenvalue weighted by molar-refractivity contribution is 0.252. The van der Waals surface area contributed by atoms with Gasteiger partial charge in [-0.1, -0.05) is 55.0 Å². The number of hydrogen-bond donors (Lipinski definition) is 0. The summed E-state index contributed by atoms with van der Waals surface area (Å²) in [5, 5.41) is 0.0598. The largest absolute Gasteiger partial charge is 0.496 e. The van der Waals surface area contributed by atoms with Crippen molar-refractivity contribution >= 4 is 27.5 Å². The van der Waals surface area contributed by atoms with Crippen LogP contribution in [0.15, 0.2) is 22.7 Å². The van der Waals surface area contributed by atoms with Gasteiger partial charge in [-0.25, -0.2) is 0 Å². The third-order valence-electron chi connectivity index (χ3n) is 4.76. The number of alkyl halides is 1. The first kappa shape index (κ1) is 17.1. The zero-order valence-corrected chi connectivity index (χ0v) is 15.4. The Hall–Kier alpha value is -0.210. The monoisotopic (exact) mass is 372 g/mol. The second kappa shape index (κ2) is 8.43. The van der Waals surface area contributed by atoms with Crippen LogP contribution in [0.5, 0.6) is 5.75 Å². The number of methoxy groups -OCH3 is 1. The Balaban J connectivity index is 1.98. The van der Waals surface area contributed by atoms with Crippen LogP contribution >= 0.6 is 27.5 Å². The molecule has 0 spiro atoms. The molecule has 1 unspecified atom stereocenters. The molecule has 0 bridgehead atoms. The van der Waals surface area contributed by atoms with E-state index in [1.165, 1.54) is 44.9 Å². The third-order valence-corrected chi connectivity index (χ3v) is 5.84. The van der Waals surface area contributed by atoms with Crippen LogP contribution in [0.3, 0.4) is 0 Å². The molecule has 3 heteroatoms. The van der Waals surface area contributed by atoms with E-state index in [4.69, 9.17) is 16.3 Å². The van der Waals surface area contributed by atoms with E-state index in [1.807, 2.05) is 12.1 Å². The minimum Gasteiger partial charge on any atom is -0.496 e. The Labute approximate surface area is 142 Å². The van der Waals surface area contributed by atoms with Crippen molar-refractivity contribution in [3.63, 3.8) is 0 Å². The van der Waals surface area contributed by atoms with Gasteiger partial charge in [-0.3, -0.25) is 0 Å². The smallest absolute Gasteiger partial charge is 0.123 e. The molecule has 21 heavy (non-hydrogen) atoms. The molecule has 0 amide bonds. The molecule has 2 rings (SSSR count). The van der Waals surface area contributed by atoms with Crippen LogP contribution in [-0.2, 0) is 0 Å². The molecule has 0 aliphatic heterocycles. The Morgan fingerprint density at radius 3 is 2.62 bits per heavy atom. The fourth-order valence-corrected chi connectivity index (χ4v) is 4.24. The third kappa shape index (κ3) is 4.63. The molecular weight excluding hydrogens is 348 g/mol. The number of halogens is 2. The normalized spacial score (nSPS) is 23.8. The molecule has 1 aromatic rings. The van der Waals surface area contributed by atoms with Crippen LogP contribution in [0.25, 0.3) is 0 Å². The molecule has 0 saturated heterocycles. The highest BCUT2D eigenvalue weighted by Gasteiger charge is 2.28. The van der Waals surface area contributed by atoms with E-state index in [1.54, 1.807) is 7.11 Å². The molecule has 1 aromatic carbocycles. The Bertz CT molecular complexity index is 441. The van der Waals surface area contributed by atoms with Crippen LogP contribution in [0, 0.1) is 11.8 Å². The maximum atomic E-state index is 6.79. The molecule has 1 aliphatic carbocycles. The van der Waals surface area contributed by atoms with Crippen molar-refractivity contribution in [3.05, 3.63) is 28.2 Å². The van der Waals surface area contributed by atoms with E-state index in [-0.39, 0.29) is 5.38 Å². The lowest BCUT2D eigenvalue weighted by Gasteiger charge is -2.32. The van der Waals surface area contributed by atoms with Gasteiger partial charge in [-0.2, -0.15) is 0 Å². The first-order valence-electron chi connectivity index (χ1n) is 8.13. The molecule has 118 valence electrons. The summed E-state index contributed by atoms with van der Waals surface area (Å²) in [5.41, 5.74) is 1.13. The van der Waals surface area contributed by atoms with Gasteiger partial charge in [0.25, 0.3) is 0 Å². The zero-order chi connectivity index (χ0) is 15.2. The predicted molar refractivity (Wildman–Crippen MR) is 94.3 cm³/mol. The molecule has 1 atom stereocenters. The lowest BCUT2D eigenvalue weighted by atomic mass is 9.77. The van der Waals surface area contributed by atoms with Crippen LogP contribution in [0.1, 0.15) is 62.8 Å². The first-order chi connectivity index (χ1) is 10.2. The molecule has 1 saturated carbocycles. The van der Waals surface area contributed by atoms with Crippen LogP contribution < -0.4 is 4.74 Å². The number of benzene rings is 1. The predicted octanol–water partition coefficient (Wildman–Crippen LogP) is 6.73. The summed E-state index contributed by atoms with van der Waals surface area (Å²) in [4.78, 5) is 0. The molecule has 0 N–H and O–H groups in total. The second-order valence-electron chi connectivity index (χ2n) is 6.21. The van der Waals surface area contributed by atoms with Gasteiger partial charge in [-0.05, 0) is 42.9 Å². The average Bonchev–Trinajstić information content (AvgIpc) is 2.52. The van der Waals surface area contributed by atoms with Crippen molar-refractivity contribution in [2.75, 3.05) is 7.11 Å². The molecule has 1 aliphatic rings. The maximum Gasteiger partial charge on any atom is 0.123 e.